The predicted molar refractivity (Wildman–Crippen MR) is 69.3 cm³/mol. The zero-order valence-corrected chi connectivity index (χ0v) is 10.3. The summed E-state index contributed by atoms with van der Waals surface area (Å²) >= 11 is 0. The van der Waals surface area contributed by atoms with Gasteiger partial charge in [-0.15, -0.1) is 0 Å². The predicted octanol–water partition coefficient (Wildman–Crippen LogP) is 3.51. The molecule has 0 saturated heterocycles. The van der Waals surface area contributed by atoms with E-state index in [1.54, 1.807) is 13.8 Å². The molecule has 2 heteroatoms. The molecule has 0 unspecified atom stereocenters. The van der Waals surface area contributed by atoms with E-state index in [9.17, 15) is 9.90 Å². The van der Waals surface area contributed by atoms with Crippen LogP contribution >= 0.6 is 0 Å². The van der Waals surface area contributed by atoms with Crippen LogP contribution in [0.3, 0.4) is 0 Å². The number of benzene rings is 2. The van der Waals surface area contributed by atoms with Crippen molar-refractivity contribution < 1.29 is 9.90 Å². The molecule has 2 nitrogen and oxygen atoms in total. The summed E-state index contributed by atoms with van der Waals surface area (Å²) in [5.41, 5.74) is 1.14. The molecule has 0 fully saturated rings. The van der Waals surface area contributed by atoms with Crippen molar-refractivity contribution in [3.05, 3.63) is 47.5 Å². The van der Waals surface area contributed by atoms with Gasteiger partial charge in [0.25, 0.3) is 0 Å². The van der Waals surface area contributed by atoms with Crippen LogP contribution in [-0.2, 0) is 10.2 Å². The minimum absolute atomic E-state index is 0.800. The van der Waals surface area contributed by atoms with Gasteiger partial charge >= 0.3 is 5.97 Å². The lowest BCUT2D eigenvalue weighted by atomic mass is 9.81. The molecule has 0 aromatic heterocycles. The third-order valence-corrected chi connectivity index (χ3v) is 3.25. The largest absolute Gasteiger partial charge is 0.481 e. The molecule has 2 aromatic rings. The van der Waals surface area contributed by atoms with Crippen LogP contribution in [0.15, 0.2) is 36.4 Å². The third-order valence-electron chi connectivity index (χ3n) is 3.25. The SMILES string of the molecule is Cc1ccc2cccc(C(C)(C)C(=O)O)c2c1. The summed E-state index contributed by atoms with van der Waals surface area (Å²) in [7, 11) is 0. The number of carboxylic acid groups (broad SMARTS) is 1. The topological polar surface area (TPSA) is 37.3 Å². The fourth-order valence-corrected chi connectivity index (χ4v) is 2.05. The van der Waals surface area contributed by atoms with E-state index in [4.69, 9.17) is 0 Å². The van der Waals surface area contributed by atoms with E-state index < -0.39 is 11.4 Å². The molecule has 0 bridgehead atoms. The van der Waals surface area contributed by atoms with E-state index in [1.807, 2.05) is 37.3 Å². The number of aryl methyl sites for hydroxylation is 1. The molecule has 2 rings (SSSR count). The number of carbonyl (C=O) groups is 1. The Morgan fingerprint density at radius 1 is 1.18 bits per heavy atom. The van der Waals surface area contributed by atoms with Gasteiger partial charge in [-0.2, -0.15) is 0 Å². The monoisotopic (exact) mass is 228 g/mol. The van der Waals surface area contributed by atoms with Crippen molar-refractivity contribution in [3.8, 4) is 0 Å². The van der Waals surface area contributed by atoms with Crippen LogP contribution in [0.25, 0.3) is 10.8 Å². The first-order chi connectivity index (χ1) is 7.93. The Morgan fingerprint density at radius 2 is 1.88 bits per heavy atom. The number of hydrogen-bond donors (Lipinski definition) is 1. The van der Waals surface area contributed by atoms with Crippen molar-refractivity contribution in [2.24, 2.45) is 0 Å². The second kappa shape index (κ2) is 3.88. The zero-order valence-electron chi connectivity index (χ0n) is 10.3. The molecular formula is C15H16O2. The summed E-state index contributed by atoms with van der Waals surface area (Å²) in [6.07, 6.45) is 0. The van der Waals surface area contributed by atoms with E-state index in [0.29, 0.717) is 0 Å². The van der Waals surface area contributed by atoms with Crippen LogP contribution in [0.4, 0.5) is 0 Å². The van der Waals surface area contributed by atoms with Crippen LogP contribution in [0.5, 0.6) is 0 Å². The van der Waals surface area contributed by atoms with Crippen LogP contribution in [0, 0.1) is 6.92 Å². The number of fused-ring (bicyclic) bond motifs is 1. The van der Waals surface area contributed by atoms with Crippen molar-refractivity contribution >= 4 is 16.7 Å². The summed E-state index contributed by atoms with van der Waals surface area (Å²) in [5.74, 6) is -0.800. The summed E-state index contributed by atoms with van der Waals surface area (Å²) in [6.45, 7) is 5.50. The second-order valence-corrected chi connectivity index (χ2v) is 4.96. The molecule has 0 aliphatic rings. The van der Waals surface area contributed by atoms with E-state index in [0.717, 1.165) is 21.9 Å². The summed E-state index contributed by atoms with van der Waals surface area (Å²) in [4.78, 5) is 11.4. The highest BCUT2D eigenvalue weighted by molar-refractivity contribution is 5.93. The van der Waals surface area contributed by atoms with Crippen LogP contribution in [0.1, 0.15) is 25.0 Å². The van der Waals surface area contributed by atoms with Gasteiger partial charge in [-0.1, -0.05) is 42.0 Å². The van der Waals surface area contributed by atoms with Gasteiger partial charge in [-0.25, -0.2) is 0 Å². The van der Waals surface area contributed by atoms with Gasteiger partial charge in [0, 0.05) is 0 Å². The quantitative estimate of drug-likeness (QED) is 0.854. The number of hydrogen-bond acceptors (Lipinski definition) is 1. The second-order valence-electron chi connectivity index (χ2n) is 4.96. The maximum absolute atomic E-state index is 11.4. The number of aliphatic carboxylic acids is 1. The van der Waals surface area contributed by atoms with Gasteiger partial charge in [0.05, 0.1) is 5.41 Å². The zero-order chi connectivity index (χ0) is 12.6. The molecule has 1 N–H and O–H groups in total. The smallest absolute Gasteiger partial charge is 0.313 e. The maximum atomic E-state index is 11.4. The summed E-state index contributed by atoms with van der Waals surface area (Å²) < 4.78 is 0. The molecule has 2 aromatic carbocycles. The molecule has 88 valence electrons. The summed E-state index contributed by atoms with van der Waals surface area (Å²) in [6, 6.07) is 11.9. The Kier molecular flexibility index (Phi) is 2.66. The highest BCUT2D eigenvalue weighted by atomic mass is 16.4. The molecule has 0 spiro atoms. The van der Waals surface area contributed by atoms with Crippen LogP contribution in [-0.4, -0.2) is 11.1 Å². The highest BCUT2D eigenvalue weighted by Gasteiger charge is 2.30. The normalized spacial score (nSPS) is 11.7. The van der Waals surface area contributed by atoms with Gasteiger partial charge in [-0.3, -0.25) is 4.79 Å². The molecule has 0 heterocycles. The van der Waals surface area contributed by atoms with Crippen LogP contribution < -0.4 is 0 Å². The van der Waals surface area contributed by atoms with E-state index in [-0.39, 0.29) is 0 Å². The first kappa shape index (κ1) is 11.6. The Hall–Kier alpha value is -1.83. The molecule has 0 aliphatic carbocycles. The number of carboxylic acids is 1. The van der Waals surface area contributed by atoms with Crippen LogP contribution in [0.2, 0.25) is 0 Å². The molecule has 0 aliphatic heterocycles. The lowest BCUT2D eigenvalue weighted by Crippen LogP contribution is -2.28. The average Bonchev–Trinajstić information content (AvgIpc) is 2.27. The molecular weight excluding hydrogens is 212 g/mol. The van der Waals surface area contributed by atoms with Gasteiger partial charge in [0.2, 0.25) is 0 Å². The molecule has 0 saturated carbocycles. The van der Waals surface area contributed by atoms with E-state index >= 15 is 0 Å². The van der Waals surface area contributed by atoms with Crippen molar-refractivity contribution in [2.75, 3.05) is 0 Å². The van der Waals surface area contributed by atoms with Gasteiger partial charge in [-0.05, 0) is 37.1 Å². The van der Waals surface area contributed by atoms with Crippen molar-refractivity contribution in [3.63, 3.8) is 0 Å². The van der Waals surface area contributed by atoms with Gasteiger partial charge in [0.1, 0.15) is 0 Å². The van der Waals surface area contributed by atoms with Crippen molar-refractivity contribution in [1.82, 2.24) is 0 Å². The Morgan fingerprint density at radius 3 is 2.53 bits per heavy atom. The lowest BCUT2D eigenvalue weighted by Gasteiger charge is -2.22. The maximum Gasteiger partial charge on any atom is 0.313 e. The first-order valence-corrected chi connectivity index (χ1v) is 5.66. The fourth-order valence-electron chi connectivity index (χ4n) is 2.05. The Bertz CT molecular complexity index is 582. The minimum Gasteiger partial charge on any atom is -0.481 e. The Labute approximate surface area is 101 Å². The van der Waals surface area contributed by atoms with Gasteiger partial charge in [0.15, 0.2) is 0 Å². The molecule has 0 radical (unpaired) electrons. The van der Waals surface area contributed by atoms with E-state index in [2.05, 4.69) is 6.07 Å². The lowest BCUT2D eigenvalue weighted by molar-refractivity contribution is -0.142. The standard InChI is InChI=1S/C15H16O2/c1-10-7-8-11-5-4-6-13(12(11)9-10)15(2,3)14(16)17/h4-9H,1-3H3,(H,16,17). The van der Waals surface area contributed by atoms with Gasteiger partial charge < -0.3 is 5.11 Å². The minimum atomic E-state index is -0.868. The molecule has 17 heavy (non-hydrogen) atoms. The molecule has 0 atom stereocenters. The average molecular weight is 228 g/mol. The summed E-state index contributed by atoms with van der Waals surface area (Å²) in [5, 5.41) is 11.4. The fraction of sp³-hybridized carbons (Fsp3) is 0.267. The van der Waals surface area contributed by atoms with Crippen molar-refractivity contribution in [2.45, 2.75) is 26.2 Å². The molecule has 0 amide bonds. The first-order valence-electron chi connectivity index (χ1n) is 5.66. The highest BCUT2D eigenvalue weighted by Crippen LogP contribution is 2.31. The van der Waals surface area contributed by atoms with E-state index in [1.165, 1.54) is 0 Å². The Balaban J connectivity index is 2.78. The van der Waals surface area contributed by atoms with Crippen molar-refractivity contribution in [1.29, 1.82) is 0 Å². The third kappa shape index (κ3) is 1.91. The number of rotatable bonds is 2.